The molecular formula is C24H21FN4O3S2. The van der Waals surface area contributed by atoms with Crippen LogP contribution in [0.5, 0.6) is 0 Å². The van der Waals surface area contributed by atoms with E-state index >= 15 is 0 Å². The first-order chi connectivity index (χ1) is 16.4. The average molecular weight is 497 g/mol. The van der Waals surface area contributed by atoms with Gasteiger partial charge in [0.2, 0.25) is 0 Å². The first kappa shape index (κ1) is 22.3. The molecule has 0 unspecified atom stereocenters. The largest absolute Gasteiger partial charge is 0.345 e. The van der Waals surface area contributed by atoms with E-state index in [0.717, 1.165) is 15.3 Å². The third kappa shape index (κ3) is 4.59. The number of carbonyl (C=O) groups excluding carboxylic acids is 1. The van der Waals surface area contributed by atoms with E-state index in [4.69, 9.17) is 0 Å². The number of hydrogen-bond acceptors (Lipinski definition) is 6. The molecule has 1 fully saturated rings. The van der Waals surface area contributed by atoms with Crippen LogP contribution in [0.1, 0.15) is 10.4 Å². The van der Waals surface area contributed by atoms with Gasteiger partial charge in [-0.15, -0.1) is 0 Å². The summed E-state index contributed by atoms with van der Waals surface area (Å²) in [4.78, 5) is 21.7. The van der Waals surface area contributed by atoms with Gasteiger partial charge < -0.3 is 9.80 Å². The molecule has 0 aliphatic carbocycles. The summed E-state index contributed by atoms with van der Waals surface area (Å²) in [6.45, 7) is 2.22. The molecule has 10 heteroatoms. The summed E-state index contributed by atoms with van der Waals surface area (Å²) < 4.78 is 42.0. The van der Waals surface area contributed by atoms with Gasteiger partial charge in [0.25, 0.3) is 15.9 Å². The van der Waals surface area contributed by atoms with Crippen molar-refractivity contribution in [1.82, 2.24) is 9.88 Å². The standard InChI is InChI=1S/C24H21FN4O3S2/c25-18-9-10-21-22(16-18)33-24(26-21)29-13-11-28(12-14-29)23(30)17-5-4-6-19(15-17)27-34(31,32)20-7-2-1-3-8-20/h1-10,15-16,27H,11-14H2. The lowest BCUT2D eigenvalue weighted by atomic mass is 10.1. The Kier molecular flexibility index (Phi) is 5.93. The van der Waals surface area contributed by atoms with Crippen molar-refractivity contribution in [1.29, 1.82) is 0 Å². The Labute approximate surface area is 200 Å². The van der Waals surface area contributed by atoms with Gasteiger partial charge in [-0.1, -0.05) is 35.6 Å². The molecule has 0 saturated carbocycles. The van der Waals surface area contributed by atoms with Crippen LogP contribution in [0.3, 0.4) is 0 Å². The minimum absolute atomic E-state index is 0.153. The monoisotopic (exact) mass is 496 g/mol. The fourth-order valence-electron chi connectivity index (χ4n) is 3.83. The Morgan fingerprint density at radius 2 is 1.71 bits per heavy atom. The lowest BCUT2D eigenvalue weighted by Gasteiger charge is -2.34. The van der Waals surface area contributed by atoms with Crippen LogP contribution in [-0.4, -0.2) is 50.4 Å². The quantitative estimate of drug-likeness (QED) is 0.448. The second kappa shape index (κ2) is 9.03. The van der Waals surface area contributed by atoms with Crippen molar-refractivity contribution in [2.75, 3.05) is 35.8 Å². The molecule has 0 atom stereocenters. The van der Waals surface area contributed by atoms with Crippen LogP contribution < -0.4 is 9.62 Å². The molecule has 1 N–H and O–H groups in total. The van der Waals surface area contributed by atoms with Gasteiger partial charge in [-0.05, 0) is 48.5 Å². The van der Waals surface area contributed by atoms with Gasteiger partial charge in [0.1, 0.15) is 5.82 Å². The number of rotatable bonds is 5. The fraction of sp³-hybridized carbons (Fsp3) is 0.167. The Morgan fingerprint density at radius 1 is 0.941 bits per heavy atom. The van der Waals surface area contributed by atoms with Crippen molar-refractivity contribution in [2.24, 2.45) is 0 Å². The highest BCUT2D eigenvalue weighted by atomic mass is 32.2. The van der Waals surface area contributed by atoms with E-state index in [9.17, 15) is 17.6 Å². The predicted octanol–water partition coefficient (Wildman–Crippen LogP) is 4.20. The number of carbonyl (C=O) groups is 1. The van der Waals surface area contributed by atoms with Crippen molar-refractivity contribution in [2.45, 2.75) is 4.90 Å². The molecule has 1 aliphatic rings. The van der Waals surface area contributed by atoms with Crippen molar-refractivity contribution < 1.29 is 17.6 Å². The van der Waals surface area contributed by atoms with Crippen molar-refractivity contribution in [3.05, 3.63) is 84.2 Å². The molecule has 5 rings (SSSR count). The highest BCUT2D eigenvalue weighted by molar-refractivity contribution is 7.92. The van der Waals surface area contributed by atoms with Crippen molar-refractivity contribution in [3.63, 3.8) is 0 Å². The number of amides is 1. The Morgan fingerprint density at radius 3 is 2.47 bits per heavy atom. The van der Waals surface area contributed by atoms with Gasteiger partial charge in [-0.2, -0.15) is 0 Å². The molecule has 7 nitrogen and oxygen atoms in total. The third-order valence-electron chi connectivity index (χ3n) is 5.59. The summed E-state index contributed by atoms with van der Waals surface area (Å²) in [5, 5.41) is 0.810. The fourth-order valence-corrected chi connectivity index (χ4v) is 5.95. The number of anilines is 2. The zero-order chi connectivity index (χ0) is 23.7. The van der Waals surface area contributed by atoms with Gasteiger partial charge in [0.15, 0.2) is 5.13 Å². The van der Waals surface area contributed by atoms with E-state index in [-0.39, 0.29) is 16.6 Å². The molecule has 0 bridgehead atoms. The van der Waals surface area contributed by atoms with Crippen LogP contribution in [0.2, 0.25) is 0 Å². The zero-order valence-corrected chi connectivity index (χ0v) is 19.7. The van der Waals surface area contributed by atoms with Gasteiger partial charge in [-0.25, -0.2) is 17.8 Å². The second-order valence-corrected chi connectivity index (χ2v) is 10.6. The molecule has 1 saturated heterocycles. The number of sulfonamides is 1. The van der Waals surface area contributed by atoms with E-state index < -0.39 is 10.0 Å². The highest BCUT2D eigenvalue weighted by Crippen LogP contribution is 2.30. The number of thiazole rings is 1. The number of nitrogens with one attached hydrogen (secondary N) is 1. The molecule has 4 aromatic rings. The number of fused-ring (bicyclic) bond motifs is 1. The van der Waals surface area contributed by atoms with E-state index in [1.165, 1.54) is 35.6 Å². The predicted molar refractivity (Wildman–Crippen MR) is 131 cm³/mol. The van der Waals surface area contributed by atoms with Crippen LogP contribution in [-0.2, 0) is 10.0 Å². The maximum absolute atomic E-state index is 13.5. The third-order valence-corrected chi connectivity index (χ3v) is 8.07. The number of benzene rings is 3. The number of aromatic nitrogens is 1. The summed E-state index contributed by atoms with van der Waals surface area (Å²) >= 11 is 1.44. The molecular weight excluding hydrogens is 475 g/mol. The van der Waals surface area contributed by atoms with Crippen LogP contribution in [0.25, 0.3) is 10.2 Å². The van der Waals surface area contributed by atoms with Crippen molar-refractivity contribution in [3.8, 4) is 0 Å². The van der Waals surface area contributed by atoms with Crippen LogP contribution >= 0.6 is 11.3 Å². The first-order valence-electron chi connectivity index (χ1n) is 10.7. The SMILES string of the molecule is O=C(c1cccc(NS(=O)(=O)c2ccccc2)c1)N1CCN(c2nc3ccc(F)cc3s2)CC1. The molecule has 174 valence electrons. The molecule has 1 aromatic heterocycles. The Balaban J connectivity index is 1.25. The lowest BCUT2D eigenvalue weighted by Crippen LogP contribution is -2.48. The van der Waals surface area contributed by atoms with E-state index in [2.05, 4.69) is 14.6 Å². The molecule has 1 aliphatic heterocycles. The Hall–Kier alpha value is -3.50. The van der Waals surface area contributed by atoms with Crippen LogP contribution in [0, 0.1) is 5.82 Å². The maximum atomic E-state index is 13.5. The summed E-state index contributed by atoms with van der Waals surface area (Å²) in [6, 6.07) is 19.1. The van der Waals surface area contributed by atoms with E-state index in [1.54, 1.807) is 53.4 Å². The van der Waals surface area contributed by atoms with Crippen LogP contribution in [0.15, 0.2) is 77.7 Å². The molecule has 0 radical (unpaired) electrons. The number of halogens is 1. The first-order valence-corrected chi connectivity index (χ1v) is 13.0. The summed E-state index contributed by atoms with van der Waals surface area (Å²) in [7, 11) is -3.74. The van der Waals surface area contributed by atoms with Gasteiger partial charge >= 0.3 is 0 Å². The van der Waals surface area contributed by atoms with Gasteiger partial charge in [-0.3, -0.25) is 9.52 Å². The number of nitrogens with zero attached hydrogens (tertiary/aromatic N) is 3. The average Bonchev–Trinajstić information content (AvgIpc) is 3.27. The minimum atomic E-state index is -3.74. The zero-order valence-electron chi connectivity index (χ0n) is 18.0. The molecule has 0 spiro atoms. The maximum Gasteiger partial charge on any atom is 0.261 e. The van der Waals surface area contributed by atoms with Gasteiger partial charge in [0.05, 0.1) is 15.1 Å². The van der Waals surface area contributed by atoms with E-state index in [1.807, 2.05) is 0 Å². The molecule has 1 amide bonds. The molecule has 2 heterocycles. The number of hydrogen-bond donors (Lipinski definition) is 1. The Bertz CT molecular complexity index is 1450. The van der Waals surface area contributed by atoms with Crippen molar-refractivity contribution >= 4 is 48.3 Å². The second-order valence-electron chi connectivity index (χ2n) is 7.89. The smallest absolute Gasteiger partial charge is 0.261 e. The van der Waals surface area contributed by atoms with Gasteiger partial charge in [0, 0.05) is 37.4 Å². The molecule has 34 heavy (non-hydrogen) atoms. The topological polar surface area (TPSA) is 82.6 Å². The normalized spacial score (nSPS) is 14.4. The highest BCUT2D eigenvalue weighted by Gasteiger charge is 2.24. The summed E-state index contributed by atoms with van der Waals surface area (Å²) in [5.74, 6) is -0.446. The minimum Gasteiger partial charge on any atom is -0.345 e. The molecule has 3 aromatic carbocycles. The summed E-state index contributed by atoms with van der Waals surface area (Å²) in [5.41, 5.74) is 1.50. The van der Waals surface area contributed by atoms with Crippen LogP contribution in [0.4, 0.5) is 15.2 Å². The number of piperazine rings is 1. The summed E-state index contributed by atoms with van der Waals surface area (Å²) in [6.07, 6.45) is 0. The lowest BCUT2D eigenvalue weighted by molar-refractivity contribution is 0.0747. The van der Waals surface area contributed by atoms with E-state index in [0.29, 0.717) is 37.4 Å².